The molecule has 2 heterocycles. The lowest BCUT2D eigenvalue weighted by molar-refractivity contribution is -0.142. The van der Waals surface area contributed by atoms with Gasteiger partial charge in [-0.15, -0.1) is 0 Å². The van der Waals surface area contributed by atoms with Crippen molar-refractivity contribution in [1.82, 2.24) is 9.80 Å². The molecule has 2 aliphatic heterocycles. The number of carboxylic acids is 1. The van der Waals surface area contributed by atoms with E-state index in [2.05, 4.69) is 0 Å². The van der Waals surface area contributed by atoms with Crippen LogP contribution in [0.25, 0.3) is 0 Å². The van der Waals surface area contributed by atoms with E-state index in [9.17, 15) is 14.7 Å². The molecule has 2 aliphatic rings. The number of likely N-dealkylation sites (N-methyl/N-ethyl adjacent to an activating group) is 1. The lowest BCUT2D eigenvalue weighted by Crippen LogP contribution is -2.52. The Hall–Kier alpha value is -1.30. The standard InChI is InChI=1S/C13H22N2O4/c1-14(10-6-8-19-9-10)13(18)15-7-4-2-3-5-11(15)12(16)17/h10-11H,2-9H2,1H3,(H,16,17). The van der Waals surface area contributed by atoms with E-state index >= 15 is 0 Å². The highest BCUT2D eigenvalue weighted by atomic mass is 16.5. The Bertz CT molecular complexity index is 342. The Morgan fingerprint density at radius 3 is 2.68 bits per heavy atom. The second-order valence-electron chi connectivity index (χ2n) is 5.31. The van der Waals surface area contributed by atoms with Crippen LogP contribution in [0.3, 0.4) is 0 Å². The number of urea groups is 1. The lowest BCUT2D eigenvalue weighted by atomic mass is 10.1. The highest BCUT2D eigenvalue weighted by Crippen LogP contribution is 2.20. The Morgan fingerprint density at radius 2 is 2.05 bits per heavy atom. The van der Waals surface area contributed by atoms with E-state index in [1.807, 2.05) is 0 Å². The number of carbonyl (C=O) groups is 2. The third-order valence-electron chi connectivity index (χ3n) is 4.04. The van der Waals surface area contributed by atoms with Crippen molar-refractivity contribution in [3.8, 4) is 0 Å². The van der Waals surface area contributed by atoms with Crippen molar-refractivity contribution in [2.24, 2.45) is 0 Å². The van der Waals surface area contributed by atoms with Crippen LogP contribution < -0.4 is 0 Å². The topological polar surface area (TPSA) is 70.1 Å². The van der Waals surface area contributed by atoms with E-state index in [1.165, 1.54) is 4.90 Å². The highest BCUT2D eigenvalue weighted by Gasteiger charge is 2.35. The van der Waals surface area contributed by atoms with Gasteiger partial charge in [0, 0.05) is 20.2 Å². The van der Waals surface area contributed by atoms with Crippen LogP contribution in [0.4, 0.5) is 4.79 Å². The summed E-state index contributed by atoms with van der Waals surface area (Å²) in [4.78, 5) is 27.0. The van der Waals surface area contributed by atoms with Crippen LogP contribution in [0.15, 0.2) is 0 Å². The Morgan fingerprint density at radius 1 is 1.26 bits per heavy atom. The zero-order valence-corrected chi connectivity index (χ0v) is 11.4. The maximum Gasteiger partial charge on any atom is 0.326 e. The van der Waals surface area contributed by atoms with Gasteiger partial charge in [0.25, 0.3) is 0 Å². The predicted octanol–water partition coefficient (Wildman–Crippen LogP) is 1.16. The fourth-order valence-electron chi connectivity index (χ4n) is 2.78. The number of likely N-dealkylation sites (tertiary alicyclic amines) is 1. The quantitative estimate of drug-likeness (QED) is 0.817. The number of ether oxygens (including phenoxy) is 1. The third kappa shape index (κ3) is 3.18. The highest BCUT2D eigenvalue weighted by molar-refractivity contribution is 5.82. The molecule has 0 radical (unpaired) electrons. The molecule has 0 spiro atoms. The van der Waals surface area contributed by atoms with Gasteiger partial charge in [0.05, 0.1) is 12.6 Å². The van der Waals surface area contributed by atoms with Gasteiger partial charge in [-0.1, -0.05) is 12.8 Å². The maximum absolute atomic E-state index is 12.5. The lowest BCUT2D eigenvalue weighted by Gasteiger charge is -2.33. The number of rotatable bonds is 2. The van der Waals surface area contributed by atoms with Gasteiger partial charge in [-0.05, 0) is 19.3 Å². The normalized spacial score (nSPS) is 27.9. The van der Waals surface area contributed by atoms with Gasteiger partial charge in [-0.25, -0.2) is 9.59 Å². The molecule has 2 saturated heterocycles. The smallest absolute Gasteiger partial charge is 0.326 e. The van der Waals surface area contributed by atoms with Crippen LogP contribution in [0, 0.1) is 0 Å². The van der Waals surface area contributed by atoms with Crippen LogP contribution in [0.1, 0.15) is 32.1 Å². The third-order valence-corrected chi connectivity index (χ3v) is 4.04. The molecule has 0 saturated carbocycles. The monoisotopic (exact) mass is 270 g/mol. The summed E-state index contributed by atoms with van der Waals surface area (Å²) in [6, 6.07) is -0.783. The van der Waals surface area contributed by atoms with Crippen molar-refractivity contribution in [3.05, 3.63) is 0 Å². The summed E-state index contributed by atoms with van der Waals surface area (Å²) in [5.74, 6) is -0.897. The molecule has 2 amide bonds. The molecule has 6 heteroatoms. The zero-order valence-electron chi connectivity index (χ0n) is 11.4. The number of aliphatic carboxylic acids is 1. The summed E-state index contributed by atoms with van der Waals surface area (Å²) in [5.41, 5.74) is 0. The summed E-state index contributed by atoms with van der Waals surface area (Å²) in [6.07, 6.45) is 4.12. The average Bonchev–Trinajstić information content (AvgIpc) is 2.80. The second kappa shape index (κ2) is 6.23. The minimum Gasteiger partial charge on any atom is -0.480 e. The SMILES string of the molecule is CN(C(=O)N1CCCCCC1C(=O)O)C1CCOC1. The summed E-state index contributed by atoms with van der Waals surface area (Å²) < 4.78 is 5.29. The first kappa shape index (κ1) is 14.1. The number of hydrogen-bond acceptors (Lipinski definition) is 3. The first-order chi connectivity index (χ1) is 9.11. The molecule has 0 aromatic carbocycles. The van der Waals surface area contributed by atoms with Crippen molar-refractivity contribution in [2.45, 2.75) is 44.2 Å². The van der Waals surface area contributed by atoms with Gasteiger partial charge in [0.2, 0.25) is 0 Å². The molecule has 0 aromatic rings. The molecule has 6 nitrogen and oxygen atoms in total. The van der Waals surface area contributed by atoms with E-state index in [0.717, 1.165) is 25.7 Å². The van der Waals surface area contributed by atoms with Crippen molar-refractivity contribution in [1.29, 1.82) is 0 Å². The molecule has 2 atom stereocenters. The van der Waals surface area contributed by atoms with E-state index in [4.69, 9.17) is 4.74 Å². The fourth-order valence-corrected chi connectivity index (χ4v) is 2.78. The van der Waals surface area contributed by atoms with E-state index in [-0.39, 0.29) is 12.1 Å². The summed E-state index contributed by atoms with van der Waals surface area (Å²) in [7, 11) is 1.74. The van der Waals surface area contributed by atoms with Crippen LogP contribution in [-0.2, 0) is 9.53 Å². The van der Waals surface area contributed by atoms with Crippen LogP contribution >= 0.6 is 0 Å². The van der Waals surface area contributed by atoms with Gasteiger partial charge in [-0.3, -0.25) is 0 Å². The van der Waals surface area contributed by atoms with Crippen molar-refractivity contribution < 1.29 is 19.4 Å². The molecular weight excluding hydrogens is 248 g/mol. The number of carbonyl (C=O) groups excluding carboxylic acids is 1. The summed E-state index contributed by atoms with van der Waals surface area (Å²) in [6.45, 7) is 1.76. The second-order valence-corrected chi connectivity index (χ2v) is 5.31. The first-order valence-corrected chi connectivity index (χ1v) is 6.95. The molecule has 2 rings (SSSR count). The molecule has 0 aromatic heterocycles. The molecule has 2 fully saturated rings. The molecular formula is C13H22N2O4. The summed E-state index contributed by atoms with van der Waals surface area (Å²) in [5, 5.41) is 9.29. The van der Waals surface area contributed by atoms with Crippen molar-refractivity contribution in [3.63, 3.8) is 0 Å². The molecule has 108 valence electrons. The fraction of sp³-hybridized carbons (Fsp3) is 0.846. The van der Waals surface area contributed by atoms with E-state index in [1.54, 1.807) is 11.9 Å². The van der Waals surface area contributed by atoms with Crippen LogP contribution in [0.5, 0.6) is 0 Å². The Labute approximate surface area is 113 Å². The van der Waals surface area contributed by atoms with Crippen molar-refractivity contribution in [2.75, 3.05) is 26.8 Å². The van der Waals surface area contributed by atoms with E-state index < -0.39 is 12.0 Å². The number of carboxylic acid groups (broad SMARTS) is 1. The minimum atomic E-state index is -0.897. The molecule has 2 unspecified atom stereocenters. The molecule has 1 N–H and O–H groups in total. The van der Waals surface area contributed by atoms with Gasteiger partial charge in [0.15, 0.2) is 0 Å². The molecule has 0 aliphatic carbocycles. The minimum absolute atomic E-state index is 0.0743. The zero-order chi connectivity index (χ0) is 13.8. The van der Waals surface area contributed by atoms with Gasteiger partial charge in [-0.2, -0.15) is 0 Å². The van der Waals surface area contributed by atoms with Gasteiger partial charge in [0.1, 0.15) is 6.04 Å². The molecule has 19 heavy (non-hydrogen) atoms. The number of nitrogens with zero attached hydrogens (tertiary/aromatic N) is 2. The van der Waals surface area contributed by atoms with Crippen LogP contribution in [0.2, 0.25) is 0 Å². The van der Waals surface area contributed by atoms with Crippen molar-refractivity contribution >= 4 is 12.0 Å². The average molecular weight is 270 g/mol. The Balaban J connectivity index is 2.06. The van der Waals surface area contributed by atoms with E-state index in [0.29, 0.717) is 26.2 Å². The van der Waals surface area contributed by atoms with Gasteiger partial charge >= 0.3 is 12.0 Å². The number of hydrogen-bond donors (Lipinski definition) is 1. The van der Waals surface area contributed by atoms with Crippen LogP contribution in [-0.4, -0.2) is 65.8 Å². The predicted molar refractivity (Wildman–Crippen MR) is 69.0 cm³/mol. The van der Waals surface area contributed by atoms with Gasteiger partial charge < -0.3 is 19.6 Å². The maximum atomic E-state index is 12.5. The molecule has 0 bridgehead atoms. The Kier molecular flexibility index (Phi) is 4.63. The first-order valence-electron chi connectivity index (χ1n) is 6.95. The largest absolute Gasteiger partial charge is 0.480 e. The summed E-state index contributed by atoms with van der Waals surface area (Å²) >= 11 is 0. The number of amides is 2.